The largest absolute Gasteiger partial charge is 0.493 e. The van der Waals surface area contributed by atoms with Gasteiger partial charge in [-0.15, -0.1) is 11.3 Å². The molecule has 6 heteroatoms. The monoisotopic (exact) mass is 460 g/mol. The summed E-state index contributed by atoms with van der Waals surface area (Å²) in [6.45, 7) is 4.05. The molecule has 1 fully saturated rings. The molecule has 2 aliphatic rings. The summed E-state index contributed by atoms with van der Waals surface area (Å²) in [6.07, 6.45) is 3.84. The van der Waals surface area contributed by atoms with E-state index in [0.717, 1.165) is 59.7 Å². The molecule has 1 N–H and O–H groups in total. The number of thiophene rings is 1. The van der Waals surface area contributed by atoms with Gasteiger partial charge in [0.2, 0.25) is 5.91 Å². The zero-order valence-corrected chi connectivity index (χ0v) is 19.6. The fourth-order valence-electron chi connectivity index (χ4n) is 4.79. The van der Waals surface area contributed by atoms with Gasteiger partial charge in [-0.1, -0.05) is 48.5 Å². The highest BCUT2D eigenvalue weighted by atomic mass is 32.1. The molecule has 0 radical (unpaired) electrons. The first kappa shape index (κ1) is 21.7. The molecule has 1 unspecified atom stereocenters. The SMILES string of the molecule is Cc1c(-c2ccccc2)sc(NC(=O)C2CCOc3ccccc32)c1C(=O)N1CCCCC1. The quantitative estimate of drug-likeness (QED) is 0.531. The van der Waals surface area contributed by atoms with E-state index in [2.05, 4.69) is 5.32 Å². The normalized spacial score (nSPS) is 17.7. The number of anilines is 1. The lowest BCUT2D eigenvalue weighted by molar-refractivity contribution is -0.118. The van der Waals surface area contributed by atoms with E-state index >= 15 is 0 Å². The number of fused-ring (bicyclic) bond motifs is 1. The number of rotatable bonds is 4. The molecule has 1 saturated heterocycles. The van der Waals surface area contributed by atoms with Gasteiger partial charge in [0.1, 0.15) is 10.8 Å². The number of ether oxygens (including phenoxy) is 1. The molecule has 0 aliphatic carbocycles. The van der Waals surface area contributed by atoms with E-state index < -0.39 is 0 Å². The van der Waals surface area contributed by atoms with Crippen molar-refractivity contribution >= 4 is 28.2 Å². The number of benzene rings is 2. The predicted molar refractivity (Wildman–Crippen MR) is 132 cm³/mol. The van der Waals surface area contributed by atoms with E-state index in [4.69, 9.17) is 4.74 Å². The zero-order valence-electron chi connectivity index (χ0n) is 18.8. The minimum Gasteiger partial charge on any atom is -0.493 e. The second-order valence-corrected chi connectivity index (χ2v) is 9.72. The Morgan fingerprint density at radius 3 is 2.52 bits per heavy atom. The minimum absolute atomic E-state index is 0.0216. The molecule has 5 rings (SSSR count). The van der Waals surface area contributed by atoms with Crippen LogP contribution in [-0.2, 0) is 4.79 Å². The van der Waals surface area contributed by atoms with Gasteiger partial charge in [0, 0.05) is 23.5 Å². The van der Waals surface area contributed by atoms with Gasteiger partial charge < -0.3 is 15.0 Å². The predicted octanol–water partition coefficient (Wildman–Crippen LogP) is 5.85. The topological polar surface area (TPSA) is 58.6 Å². The summed E-state index contributed by atoms with van der Waals surface area (Å²) in [5.74, 6) is 0.406. The zero-order chi connectivity index (χ0) is 22.8. The van der Waals surface area contributed by atoms with Crippen LogP contribution >= 0.6 is 11.3 Å². The van der Waals surface area contributed by atoms with Crippen LogP contribution in [0.4, 0.5) is 5.00 Å². The number of carbonyl (C=O) groups excluding carboxylic acids is 2. The molecular formula is C27H28N2O3S. The van der Waals surface area contributed by atoms with E-state index in [1.54, 1.807) is 0 Å². The van der Waals surface area contributed by atoms with E-state index in [0.29, 0.717) is 23.6 Å². The molecule has 0 spiro atoms. The maximum atomic E-state index is 13.6. The van der Waals surface area contributed by atoms with Crippen molar-refractivity contribution in [2.45, 2.75) is 38.5 Å². The molecular weight excluding hydrogens is 432 g/mol. The highest BCUT2D eigenvalue weighted by Gasteiger charge is 2.31. The third kappa shape index (κ3) is 4.27. The van der Waals surface area contributed by atoms with Crippen molar-refractivity contribution in [1.82, 2.24) is 4.90 Å². The molecule has 1 atom stereocenters. The van der Waals surface area contributed by atoms with Crippen LogP contribution in [0.3, 0.4) is 0 Å². The molecule has 2 aromatic carbocycles. The van der Waals surface area contributed by atoms with Gasteiger partial charge in [-0.05, 0) is 49.8 Å². The highest BCUT2D eigenvalue weighted by molar-refractivity contribution is 7.20. The Labute approximate surface area is 198 Å². The number of para-hydroxylation sites is 1. The fraction of sp³-hybridized carbons (Fsp3) is 0.333. The smallest absolute Gasteiger partial charge is 0.257 e. The average Bonchev–Trinajstić information content (AvgIpc) is 3.19. The number of likely N-dealkylation sites (tertiary alicyclic amines) is 1. The second-order valence-electron chi connectivity index (χ2n) is 8.70. The van der Waals surface area contributed by atoms with Gasteiger partial charge in [-0.25, -0.2) is 0 Å². The summed E-state index contributed by atoms with van der Waals surface area (Å²) in [4.78, 5) is 30.0. The van der Waals surface area contributed by atoms with E-state index in [-0.39, 0.29) is 17.7 Å². The Balaban J connectivity index is 1.51. The average molecular weight is 461 g/mol. The van der Waals surface area contributed by atoms with Crippen LogP contribution in [0.2, 0.25) is 0 Å². The Kier molecular flexibility index (Phi) is 6.18. The summed E-state index contributed by atoms with van der Waals surface area (Å²) in [5, 5.41) is 3.80. The summed E-state index contributed by atoms with van der Waals surface area (Å²) in [6, 6.07) is 17.8. The van der Waals surface area contributed by atoms with Crippen molar-refractivity contribution in [3.05, 3.63) is 71.3 Å². The first-order valence-corrected chi connectivity index (χ1v) is 12.5. The Hall–Kier alpha value is -3.12. The molecule has 170 valence electrons. The number of carbonyl (C=O) groups is 2. The van der Waals surface area contributed by atoms with E-state index in [1.165, 1.54) is 11.3 Å². The summed E-state index contributed by atoms with van der Waals surface area (Å²) < 4.78 is 5.74. The van der Waals surface area contributed by atoms with Gasteiger partial charge >= 0.3 is 0 Å². The summed E-state index contributed by atoms with van der Waals surface area (Å²) in [7, 11) is 0. The third-order valence-corrected chi connectivity index (χ3v) is 7.81. The second kappa shape index (κ2) is 9.40. The van der Waals surface area contributed by atoms with Crippen LogP contribution in [-0.4, -0.2) is 36.4 Å². The third-order valence-electron chi connectivity index (χ3n) is 6.55. The van der Waals surface area contributed by atoms with Crippen LogP contribution in [0.25, 0.3) is 10.4 Å². The lowest BCUT2D eigenvalue weighted by Crippen LogP contribution is -2.36. The van der Waals surface area contributed by atoms with E-state index in [9.17, 15) is 9.59 Å². The molecule has 0 bridgehead atoms. The van der Waals surface area contributed by atoms with Crippen LogP contribution in [0.5, 0.6) is 5.75 Å². The molecule has 1 aromatic heterocycles. The lowest BCUT2D eigenvalue weighted by Gasteiger charge is -2.28. The highest BCUT2D eigenvalue weighted by Crippen LogP contribution is 2.42. The van der Waals surface area contributed by atoms with Gasteiger partial charge in [-0.2, -0.15) is 0 Å². The number of hydrogen-bond acceptors (Lipinski definition) is 4. The maximum absolute atomic E-state index is 13.6. The molecule has 3 aromatic rings. The maximum Gasteiger partial charge on any atom is 0.257 e. The van der Waals surface area contributed by atoms with Crippen molar-refractivity contribution in [1.29, 1.82) is 0 Å². The standard InChI is InChI=1S/C27H28N2O3S/c1-18-23(27(31)29-15-8-3-9-16-29)26(33-24(18)19-10-4-2-5-11-19)28-25(30)21-14-17-32-22-13-7-6-12-20(21)22/h2,4-7,10-13,21H,3,8-9,14-17H2,1H3,(H,28,30). The van der Waals surface area contributed by atoms with Crippen LogP contribution < -0.4 is 10.1 Å². The molecule has 2 aliphatic heterocycles. The van der Waals surface area contributed by atoms with Crippen molar-refractivity contribution in [3.8, 4) is 16.2 Å². The van der Waals surface area contributed by atoms with Crippen molar-refractivity contribution in [2.75, 3.05) is 25.0 Å². The number of amides is 2. The number of nitrogens with zero attached hydrogens (tertiary/aromatic N) is 1. The Bertz CT molecular complexity index is 1170. The summed E-state index contributed by atoms with van der Waals surface area (Å²) in [5.41, 5.74) is 3.53. The number of hydrogen-bond donors (Lipinski definition) is 1. The molecule has 0 saturated carbocycles. The Morgan fingerprint density at radius 2 is 1.73 bits per heavy atom. The minimum atomic E-state index is -0.296. The number of piperidine rings is 1. The van der Waals surface area contributed by atoms with Crippen molar-refractivity contribution in [3.63, 3.8) is 0 Å². The first-order valence-electron chi connectivity index (χ1n) is 11.6. The van der Waals surface area contributed by atoms with Gasteiger partial charge in [0.25, 0.3) is 5.91 Å². The van der Waals surface area contributed by atoms with Crippen molar-refractivity contribution in [2.24, 2.45) is 0 Å². The number of nitrogens with one attached hydrogen (secondary N) is 1. The first-order chi connectivity index (χ1) is 16.1. The Morgan fingerprint density at radius 1 is 1.00 bits per heavy atom. The summed E-state index contributed by atoms with van der Waals surface area (Å²) >= 11 is 1.49. The van der Waals surface area contributed by atoms with Crippen LogP contribution in [0.15, 0.2) is 54.6 Å². The molecule has 2 amide bonds. The van der Waals surface area contributed by atoms with Crippen molar-refractivity contribution < 1.29 is 14.3 Å². The van der Waals surface area contributed by atoms with Gasteiger partial charge in [-0.3, -0.25) is 9.59 Å². The molecule has 33 heavy (non-hydrogen) atoms. The van der Waals surface area contributed by atoms with Gasteiger partial charge in [0.05, 0.1) is 18.1 Å². The van der Waals surface area contributed by atoms with Gasteiger partial charge in [0.15, 0.2) is 0 Å². The fourth-order valence-corrected chi connectivity index (χ4v) is 6.00. The lowest BCUT2D eigenvalue weighted by atomic mass is 9.92. The molecule has 3 heterocycles. The van der Waals surface area contributed by atoms with Crippen LogP contribution in [0.1, 0.15) is 53.1 Å². The van der Waals surface area contributed by atoms with E-state index in [1.807, 2.05) is 66.4 Å². The molecule has 5 nitrogen and oxygen atoms in total. The van der Waals surface area contributed by atoms with Crippen LogP contribution in [0, 0.1) is 6.92 Å².